The normalized spacial score (nSPS) is 20.7. The number of anilines is 1. The Morgan fingerprint density at radius 1 is 1.18 bits per heavy atom. The lowest BCUT2D eigenvalue weighted by Crippen LogP contribution is -2.24. The van der Waals surface area contributed by atoms with Crippen molar-refractivity contribution in [1.29, 1.82) is 0 Å². The van der Waals surface area contributed by atoms with Crippen molar-refractivity contribution in [2.45, 2.75) is 96.8 Å². The van der Waals surface area contributed by atoms with Gasteiger partial charge in [-0.05, 0) is 81.8 Å². The quantitative estimate of drug-likeness (QED) is 0.385. The Morgan fingerprint density at radius 2 is 1.91 bits per heavy atom. The van der Waals surface area contributed by atoms with Crippen molar-refractivity contribution in [3.05, 3.63) is 46.3 Å². The van der Waals surface area contributed by atoms with Crippen LogP contribution in [0.1, 0.15) is 111 Å². The van der Waals surface area contributed by atoms with Crippen LogP contribution >= 0.6 is 0 Å². The monoisotopic (exact) mass is 466 g/mol. The molecule has 34 heavy (non-hydrogen) atoms. The molecule has 1 aromatic carbocycles. The average Bonchev–Trinajstić information content (AvgIpc) is 3.48. The van der Waals surface area contributed by atoms with E-state index in [1.807, 2.05) is 32.0 Å². The molecule has 0 bridgehead atoms. The van der Waals surface area contributed by atoms with Crippen LogP contribution in [0.5, 0.6) is 0 Å². The largest absolute Gasteiger partial charge is 0.481 e. The number of carboxylic acid groups (broad SMARTS) is 1. The zero-order valence-corrected chi connectivity index (χ0v) is 20.9. The molecule has 2 N–H and O–H groups in total. The van der Waals surface area contributed by atoms with Crippen LogP contribution in [-0.2, 0) is 9.59 Å². The first-order chi connectivity index (χ1) is 16.2. The van der Waals surface area contributed by atoms with Crippen molar-refractivity contribution < 1.29 is 19.2 Å². The van der Waals surface area contributed by atoms with Gasteiger partial charge in [-0.3, -0.25) is 9.59 Å². The van der Waals surface area contributed by atoms with Crippen LogP contribution in [0.4, 0.5) is 5.69 Å². The van der Waals surface area contributed by atoms with Crippen LogP contribution in [0.3, 0.4) is 0 Å². The Bertz CT molecular complexity index is 1030. The average molecular weight is 467 g/mol. The van der Waals surface area contributed by atoms with Gasteiger partial charge in [-0.1, -0.05) is 36.7 Å². The van der Waals surface area contributed by atoms with E-state index in [4.69, 9.17) is 4.52 Å². The molecule has 1 atom stereocenters. The number of hydrogen-bond donors (Lipinski definition) is 2. The molecule has 1 aromatic heterocycles. The Kier molecular flexibility index (Phi) is 7.44. The second-order valence-corrected chi connectivity index (χ2v) is 11.0. The fraction of sp³-hybridized carbons (Fsp3) is 0.607. The van der Waals surface area contributed by atoms with E-state index >= 15 is 0 Å². The number of benzene rings is 1. The Morgan fingerprint density at radius 3 is 2.53 bits per heavy atom. The second-order valence-electron chi connectivity index (χ2n) is 11.0. The highest BCUT2D eigenvalue weighted by molar-refractivity contribution is 5.92. The van der Waals surface area contributed by atoms with E-state index in [0.29, 0.717) is 24.2 Å². The zero-order valence-electron chi connectivity index (χ0n) is 20.9. The van der Waals surface area contributed by atoms with Crippen molar-refractivity contribution in [1.82, 2.24) is 5.16 Å². The van der Waals surface area contributed by atoms with E-state index in [1.165, 1.54) is 12.0 Å². The highest BCUT2D eigenvalue weighted by Gasteiger charge is 2.41. The topological polar surface area (TPSA) is 92.4 Å². The minimum atomic E-state index is -0.855. The Labute approximate surface area is 202 Å². The van der Waals surface area contributed by atoms with E-state index in [9.17, 15) is 14.7 Å². The van der Waals surface area contributed by atoms with Gasteiger partial charge >= 0.3 is 5.97 Å². The van der Waals surface area contributed by atoms with E-state index in [1.54, 1.807) is 0 Å². The van der Waals surface area contributed by atoms with Crippen LogP contribution < -0.4 is 5.32 Å². The first-order valence-corrected chi connectivity index (χ1v) is 12.8. The van der Waals surface area contributed by atoms with Crippen LogP contribution in [-0.4, -0.2) is 22.1 Å². The molecule has 2 aliphatic carbocycles. The Hall–Kier alpha value is -2.63. The number of nitrogens with zero attached hydrogens (tertiary/aromatic N) is 1. The van der Waals surface area contributed by atoms with Crippen LogP contribution in [0.2, 0.25) is 0 Å². The van der Waals surface area contributed by atoms with Gasteiger partial charge < -0.3 is 14.9 Å². The molecular weight excluding hydrogens is 428 g/mol. The first kappa shape index (κ1) is 24.5. The molecule has 0 spiro atoms. The maximum atomic E-state index is 13.0. The standard InChI is InChI=1S/C28H38N2O4/c1-16(2)11-19-13-22(14-19)28-26(20-6-7-20)27(30-34-28)21(8-10-25(32)33)15-24(31)29-23-9-5-17(3)12-18(23)4/h5,9,12,16,19-22H,6-8,10-11,13-15H2,1-4H3,(H,29,31)(H,32,33)/t19-,21-,22+/m0/s1. The summed E-state index contributed by atoms with van der Waals surface area (Å²) in [5.74, 6) is 2.07. The summed E-state index contributed by atoms with van der Waals surface area (Å²) in [6.45, 7) is 8.54. The lowest BCUT2D eigenvalue weighted by atomic mass is 9.69. The number of nitrogens with one attached hydrogen (secondary N) is 1. The third kappa shape index (κ3) is 5.89. The molecule has 0 saturated heterocycles. The summed E-state index contributed by atoms with van der Waals surface area (Å²) in [4.78, 5) is 24.4. The lowest BCUT2D eigenvalue weighted by Gasteiger charge is -2.35. The summed E-state index contributed by atoms with van der Waals surface area (Å²) in [5.41, 5.74) is 4.95. The summed E-state index contributed by atoms with van der Waals surface area (Å²) < 4.78 is 5.95. The molecule has 184 valence electrons. The molecule has 1 amide bonds. The van der Waals surface area contributed by atoms with E-state index in [0.717, 1.165) is 59.9 Å². The van der Waals surface area contributed by atoms with Crippen LogP contribution in [0.15, 0.2) is 22.7 Å². The number of amides is 1. The molecule has 2 aliphatic rings. The van der Waals surface area contributed by atoms with Gasteiger partial charge in [-0.2, -0.15) is 0 Å². The lowest BCUT2D eigenvalue weighted by molar-refractivity contribution is -0.137. The predicted octanol–water partition coefficient (Wildman–Crippen LogP) is 6.69. The molecule has 0 unspecified atom stereocenters. The molecular formula is C28H38N2O4. The van der Waals surface area contributed by atoms with Crippen molar-refractivity contribution in [2.75, 3.05) is 5.32 Å². The zero-order chi connectivity index (χ0) is 24.4. The third-order valence-corrected chi connectivity index (χ3v) is 7.36. The third-order valence-electron chi connectivity index (χ3n) is 7.36. The fourth-order valence-corrected chi connectivity index (χ4v) is 5.52. The number of carboxylic acids is 1. The van der Waals surface area contributed by atoms with Crippen LogP contribution in [0, 0.1) is 25.7 Å². The summed E-state index contributed by atoms with van der Waals surface area (Å²) in [6.07, 6.45) is 6.34. The van der Waals surface area contributed by atoms with E-state index in [2.05, 4.69) is 24.3 Å². The number of aromatic nitrogens is 1. The van der Waals surface area contributed by atoms with Gasteiger partial charge in [0.05, 0.1) is 5.69 Å². The number of carbonyl (C=O) groups is 2. The molecule has 6 nitrogen and oxygen atoms in total. The van der Waals surface area contributed by atoms with E-state index in [-0.39, 0.29) is 24.7 Å². The summed E-state index contributed by atoms with van der Waals surface area (Å²) in [7, 11) is 0. The van der Waals surface area contributed by atoms with Gasteiger partial charge in [-0.15, -0.1) is 0 Å². The predicted molar refractivity (Wildman–Crippen MR) is 132 cm³/mol. The summed E-state index contributed by atoms with van der Waals surface area (Å²) in [5, 5.41) is 16.8. The first-order valence-electron chi connectivity index (χ1n) is 12.8. The fourth-order valence-electron chi connectivity index (χ4n) is 5.52. The van der Waals surface area contributed by atoms with E-state index < -0.39 is 5.97 Å². The molecule has 2 saturated carbocycles. The highest BCUT2D eigenvalue weighted by Crippen LogP contribution is 2.52. The van der Waals surface area contributed by atoms with Gasteiger partial charge in [0.15, 0.2) is 0 Å². The number of carbonyl (C=O) groups excluding carboxylic acids is 1. The second kappa shape index (κ2) is 10.3. The molecule has 0 radical (unpaired) electrons. The molecule has 6 heteroatoms. The molecule has 2 fully saturated rings. The van der Waals surface area contributed by atoms with Gasteiger partial charge in [0.1, 0.15) is 5.76 Å². The summed E-state index contributed by atoms with van der Waals surface area (Å²) >= 11 is 0. The Balaban J connectivity index is 1.52. The van der Waals surface area contributed by atoms with Crippen molar-refractivity contribution >= 4 is 17.6 Å². The molecule has 0 aliphatic heterocycles. The highest BCUT2D eigenvalue weighted by atomic mass is 16.5. The van der Waals surface area contributed by atoms with Gasteiger partial charge in [0.2, 0.25) is 5.91 Å². The molecule has 2 aromatic rings. The van der Waals surface area contributed by atoms with Crippen molar-refractivity contribution in [2.24, 2.45) is 11.8 Å². The van der Waals surface area contributed by atoms with Gasteiger partial charge in [0, 0.05) is 35.9 Å². The van der Waals surface area contributed by atoms with Gasteiger partial charge in [0.25, 0.3) is 0 Å². The minimum absolute atomic E-state index is 0.00764. The smallest absolute Gasteiger partial charge is 0.303 e. The van der Waals surface area contributed by atoms with Crippen molar-refractivity contribution in [3.63, 3.8) is 0 Å². The van der Waals surface area contributed by atoms with Crippen molar-refractivity contribution in [3.8, 4) is 0 Å². The maximum Gasteiger partial charge on any atom is 0.303 e. The molecule has 4 rings (SSSR count). The summed E-state index contributed by atoms with van der Waals surface area (Å²) in [6, 6.07) is 5.94. The van der Waals surface area contributed by atoms with Gasteiger partial charge in [-0.25, -0.2) is 0 Å². The minimum Gasteiger partial charge on any atom is -0.481 e. The number of aryl methyl sites for hydroxylation is 2. The SMILES string of the molecule is Cc1ccc(NC(=O)C[C@H](CCC(=O)O)c2noc([C@H]3C[C@@H](CC(C)C)C3)c2C2CC2)c(C)c1. The number of hydrogen-bond acceptors (Lipinski definition) is 4. The molecule has 1 heterocycles. The van der Waals surface area contributed by atoms with Crippen LogP contribution in [0.25, 0.3) is 0 Å². The number of rotatable bonds is 11. The number of aliphatic carboxylic acids is 1. The maximum absolute atomic E-state index is 13.0.